The standard InChI is InChI=1S/C23H20ClN3O6/c1-3-6-15-11-14(9-10-19-25-22(28)20(27(30)31)23(29)26-19)12-18(32-2)21(15)33-13-16-7-4-5-8-17(16)24/h3-5,7-12H,1,6,13H2,2H3,(H2,25,26,28,29). The first kappa shape index (κ1) is 23.6. The van der Waals surface area contributed by atoms with Gasteiger partial charge in [0.2, 0.25) is 0 Å². The Labute approximate surface area is 193 Å². The second-order valence-corrected chi connectivity index (χ2v) is 7.21. The summed E-state index contributed by atoms with van der Waals surface area (Å²) in [5.41, 5.74) is 0.226. The number of H-pyrrole nitrogens is 1. The van der Waals surface area contributed by atoms with E-state index in [1.165, 1.54) is 13.2 Å². The van der Waals surface area contributed by atoms with Crippen molar-refractivity contribution in [1.82, 2.24) is 9.97 Å². The van der Waals surface area contributed by atoms with Crippen LogP contribution in [0.1, 0.15) is 22.5 Å². The summed E-state index contributed by atoms with van der Waals surface area (Å²) in [5.74, 6) is -0.00827. The number of nitrogens with zero attached hydrogens (tertiary/aromatic N) is 2. The SMILES string of the molecule is C=CCc1cc(C=Cc2nc(O)c([N+](=O)[O-])c(=O)[nH]2)cc(OC)c1OCc1ccccc1Cl. The fraction of sp³-hybridized carbons (Fsp3) is 0.130. The number of methoxy groups -OCH3 is 1. The van der Waals surface area contributed by atoms with Gasteiger partial charge in [-0.15, -0.1) is 6.58 Å². The second kappa shape index (κ2) is 10.5. The van der Waals surface area contributed by atoms with Crippen LogP contribution in [0, 0.1) is 10.1 Å². The van der Waals surface area contributed by atoms with E-state index in [2.05, 4.69) is 16.5 Å². The summed E-state index contributed by atoms with van der Waals surface area (Å²) in [7, 11) is 1.51. The highest BCUT2D eigenvalue weighted by atomic mass is 35.5. The zero-order valence-corrected chi connectivity index (χ0v) is 18.3. The van der Waals surface area contributed by atoms with Crippen LogP contribution in [0.4, 0.5) is 5.69 Å². The molecule has 2 aromatic carbocycles. The third-order valence-corrected chi connectivity index (χ3v) is 4.95. The van der Waals surface area contributed by atoms with Gasteiger partial charge < -0.3 is 19.6 Å². The highest BCUT2D eigenvalue weighted by molar-refractivity contribution is 6.31. The summed E-state index contributed by atoms with van der Waals surface area (Å²) < 4.78 is 11.5. The molecule has 0 atom stereocenters. The predicted molar refractivity (Wildman–Crippen MR) is 125 cm³/mol. The lowest BCUT2D eigenvalue weighted by molar-refractivity contribution is -0.387. The van der Waals surface area contributed by atoms with E-state index in [0.717, 1.165) is 11.1 Å². The van der Waals surface area contributed by atoms with Gasteiger partial charge in [-0.1, -0.05) is 42.0 Å². The average molecular weight is 470 g/mol. The molecule has 0 aliphatic rings. The van der Waals surface area contributed by atoms with Gasteiger partial charge in [0.15, 0.2) is 11.5 Å². The van der Waals surface area contributed by atoms with Crippen LogP contribution in [0.3, 0.4) is 0 Å². The van der Waals surface area contributed by atoms with Crippen LogP contribution < -0.4 is 15.0 Å². The number of ether oxygens (including phenoxy) is 2. The minimum Gasteiger partial charge on any atom is -0.493 e. The van der Waals surface area contributed by atoms with Gasteiger partial charge in [-0.25, -0.2) is 0 Å². The van der Waals surface area contributed by atoms with Crippen LogP contribution in [-0.2, 0) is 13.0 Å². The molecule has 0 saturated carbocycles. The lowest BCUT2D eigenvalue weighted by Crippen LogP contribution is -2.14. The van der Waals surface area contributed by atoms with E-state index >= 15 is 0 Å². The Hall–Kier alpha value is -4.11. The third kappa shape index (κ3) is 5.58. The predicted octanol–water partition coefficient (Wildman–Crippen LogP) is 4.52. The Kier molecular flexibility index (Phi) is 7.47. The van der Waals surface area contributed by atoms with Gasteiger partial charge >= 0.3 is 11.2 Å². The van der Waals surface area contributed by atoms with Crippen LogP contribution in [0.2, 0.25) is 5.02 Å². The molecule has 0 amide bonds. The molecule has 0 bridgehead atoms. The van der Waals surface area contributed by atoms with Crippen molar-refractivity contribution < 1.29 is 19.5 Å². The molecule has 0 radical (unpaired) electrons. The molecular weight excluding hydrogens is 450 g/mol. The van der Waals surface area contributed by atoms with Crippen LogP contribution in [0.5, 0.6) is 17.4 Å². The van der Waals surface area contributed by atoms with Gasteiger partial charge in [-0.05, 0) is 36.3 Å². The number of hydrogen-bond donors (Lipinski definition) is 2. The molecule has 1 heterocycles. The highest BCUT2D eigenvalue weighted by Crippen LogP contribution is 2.35. The molecule has 0 saturated heterocycles. The Morgan fingerprint density at radius 2 is 2.03 bits per heavy atom. The number of nitro groups is 1. The van der Waals surface area contributed by atoms with Crippen LogP contribution >= 0.6 is 11.6 Å². The van der Waals surface area contributed by atoms with Crippen LogP contribution in [-0.4, -0.2) is 27.1 Å². The lowest BCUT2D eigenvalue weighted by Gasteiger charge is -2.16. The number of rotatable bonds is 9. The number of hydrogen-bond acceptors (Lipinski definition) is 7. The van der Waals surface area contributed by atoms with Crippen molar-refractivity contribution in [2.24, 2.45) is 0 Å². The Bertz CT molecular complexity index is 1290. The topological polar surface area (TPSA) is 128 Å². The van der Waals surface area contributed by atoms with Gasteiger partial charge in [0.25, 0.3) is 5.88 Å². The van der Waals surface area contributed by atoms with Crippen molar-refractivity contribution in [2.45, 2.75) is 13.0 Å². The van der Waals surface area contributed by atoms with Gasteiger partial charge in [-0.3, -0.25) is 14.9 Å². The Morgan fingerprint density at radius 3 is 2.67 bits per heavy atom. The molecule has 0 aliphatic heterocycles. The van der Waals surface area contributed by atoms with Crippen molar-refractivity contribution >= 4 is 29.4 Å². The number of benzene rings is 2. The van der Waals surface area contributed by atoms with Gasteiger partial charge in [0.1, 0.15) is 12.4 Å². The molecule has 0 aliphatic carbocycles. The minimum absolute atomic E-state index is 0.0496. The summed E-state index contributed by atoms with van der Waals surface area (Å²) in [6.07, 6.45) is 5.22. The molecular formula is C23H20ClN3O6. The first-order valence-electron chi connectivity index (χ1n) is 9.67. The van der Waals surface area contributed by atoms with Gasteiger partial charge in [0.05, 0.1) is 12.0 Å². The number of aromatic amines is 1. The van der Waals surface area contributed by atoms with Gasteiger partial charge in [0, 0.05) is 16.1 Å². The van der Waals surface area contributed by atoms with E-state index < -0.39 is 22.0 Å². The number of halogens is 1. The quantitative estimate of drug-likeness (QED) is 0.268. The monoisotopic (exact) mass is 469 g/mol. The lowest BCUT2D eigenvalue weighted by atomic mass is 10.0. The van der Waals surface area contributed by atoms with Crippen LogP contribution in [0.25, 0.3) is 12.2 Å². The van der Waals surface area contributed by atoms with E-state index in [1.54, 1.807) is 24.3 Å². The Balaban J connectivity index is 1.93. The first-order chi connectivity index (χ1) is 15.8. The molecule has 10 heteroatoms. The number of aromatic hydroxyl groups is 1. The molecule has 3 rings (SSSR count). The molecule has 9 nitrogen and oxygen atoms in total. The molecule has 1 aromatic heterocycles. The summed E-state index contributed by atoms with van der Waals surface area (Å²) in [4.78, 5) is 27.5. The van der Waals surface area contributed by atoms with Crippen molar-refractivity contribution in [3.63, 3.8) is 0 Å². The largest absolute Gasteiger partial charge is 0.493 e. The fourth-order valence-corrected chi connectivity index (χ4v) is 3.25. The summed E-state index contributed by atoms with van der Waals surface area (Å²) in [6.45, 7) is 4.02. The molecule has 33 heavy (non-hydrogen) atoms. The first-order valence-corrected chi connectivity index (χ1v) is 10.1. The average Bonchev–Trinajstić information content (AvgIpc) is 2.77. The summed E-state index contributed by atoms with van der Waals surface area (Å²) >= 11 is 6.22. The van der Waals surface area contributed by atoms with E-state index in [0.29, 0.717) is 28.5 Å². The summed E-state index contributed by atoms with van der Waals surface area (Å²) in [6, 6.07) is 10.9. The number of aromatic nitrogens is 2. The molecule has 0 unspecified atom stereocenters. The smallest absolute Gasteiger partial charge is 0.395 e. The second-order valence-electron chi connectivity index (χ2n) is 6.80. The minimum atomic E-state index is -1.06. The van der Waals surface area contributed by atoms with E-state index in [1.807, 2.05) is 24.3 Å². The van der Waals surface area contributed by atoms with Crippen molar-refractivity contribution in [3.05, 3.63) is 97.1 Å². The molecule has 2 N–H and O–H groups in total. The maximum atomic E-state index is 11.8. The number of allylic oxidation sites excluding steroid dienone is 1. The fourth-order valence-electron chi connectivity index (χ4n) is 3.06. The number of nitrogens with one attached hydrogen (secondary N) is 1. The molecule has 0 spiro atoms. The highest BCUT2D eigenvalue weighted by Gasteiger charge is 2.21. The van der Waals surface area contributed by atoms with Crippen molar-refractivity contribution in [1.29, 1.82) is 0 Å². The van der Waals surface area contributed by atoms with E-state index in [9.17, 15) is 20.0 Å². The van der Waals surface area contributed by atoms with Crippen molar-refractivity contribution in [3.8, 4) is 17.4 Å². The van der Waals surface area contributed by atoms with Crippen molar-refractivity contribution in [2.75, 3.05) is 7.11 Å². The van der Waals surface area contributed by atoms with Crippen LogP contribution in [0.15, 0.2) is 53.8 Å². The summed E-state index contributed by atoms with van der Waals surface area (Å²) in [5, 5.41) is 21.1. The maximum Gasteiger partial charge on any atom is 0.395 e. The zero-order chi connectivity index (χ0) is 24.0. The van der Waals surface area contributed by atoms with Gasteiger partial charge in [-0.2, -0.15) is 4.98 Å². The molecule has 0 fully saturated rings. The maximum absolute atomic E-state index is 11.8. The molecule has 3 aromatic rings. The normalized spacial score (nSPS) is 10.8. The third-order valence-electron chi connectivity index (χ3n) is 4.58. The molecule has 170 valence electrons. The van der Waals surface area contributed by atoms with E-state index in [-0.39, 0.29) is 12.4 Å². The Morgan fingerprint density at radius 1 is 1.27 bits per heavy atom. The van der Waals surface area contributed by atoms with E-state index in [4.69, 9.17) is 21.1 Å². The zero-order valence-electron chi connectivity index (χ0n) is 17.6.